The number of nitrogens with one attached hydrogen (secondary N) is 1. The number of rotatable bonds is 3. The zero-order valence-electron chi connectivity index (χ0n) is 10.8. The van der Waals surface area contributed by atoms with Crippen LogP contribution in [0.1, 0.15) is 12.5 Å². The zero-order valence-corrected chi connectivity index (χ0v) is 10.8. The minimum atomic E-state index is 0.988. The SMILES string of the molecule is CCc1cccc(-c2ncccc2-c2ccn[nH]2)c1. The molecule has 3 rings (SSSR count). The van der Waals surface area contributed by atoms with Gasteiger partial charge < -0.3 is 0 Å². The van der Waals surface area contributed by atoms with Crippen LogP contribution >= 0.6 is 0 Å². The van der Waals surface area contributed by atoms with Gasteiger partial charge in [0.05, 0.1) is 11.4 Å². The molecule has 1 N–H and O–H groups in total. The number of hydrogen-bond donors (Lipinski definition) is 1. The molecule has 0 bridgehead atoms. The van der Waals surface area contributed by atoms with E-state index in [4.69, 9.17) is 0 Å². The largest absolute Gasteiger partial charge is 0.278 e. The first-order valence-corrected chi connectivity index (χ1v) is 6.42. The monoisotopic (exact) mass is 249 g/mol. The maximum Gasteiger partial charge on any atom is 0.0795 e. The summed E-state index contributed by atoms with van der Waals surface area (Å²) < 4.78 is 0. The van der Waals surface area contributed by atoms with E-state index in [1.54, 1.807) is 6.20 Å². The zero-order chi connectivity index (χ0) is 13.1. The van der Waals surface area contributed by atoms with E-state index in [-0.39, 0.29) is 0 Å². The third-order valence-corrected chi connectivity index (χ3v) is 3.21. The maximum absolute atomic E-state index is 4.53. The highest BCUT2D eigenvalue weighted by Gasteiger charge is 2.09. The summed E-state index contributed by atoms with van der Waals surface area (Å²) in [7, 11) is 0. The van der Waals surface area contributed by atoms with Crippen molar-refractivity contribution in [3.8, 4) is 22.5 Å². The van der Waals surface area contributed by atoms with Crippen molar-refractivity contribution in [2.24, 2.45) is 0 Å². The first-order chi connectivity index (χ1) is 9.38. The number of aromatic amines is 1. The third kappa shape index (κ3) is 2.27. The maximum atomic E-state index is 4.53. The van der Waals surface area contributed by atoms with Gasteiger partial charge in [-0.1, -0.05) is 25.1 Å². The van der Waals surface area contributed by atoms with Gasteiger partial charge in [0, 0.05) is 23.5 Å². The van der Waals surface area contributed by atoms with E-state index < -0.39 is 0 Å². The molecule has 3 aromatic rings. The summed E-state index contributed by atoms with van der Waals surface area (Å²) in [6.45, 7) is 2.16. The Labute approximate surface area is 112 Å². The molecular weight excluding hydrogens is 234 g/mol. The third-order valence-electron chi connectivity index (χ3n) is 3.21. The minimum absolute atomic E-state index is 0.988. The fourth-order valence-electron chi connectivity index (χ4n) is 2.20. The predicted octanol–water partition coefficient (Wildman–Crippen LogP) is 3.70. The molecule has 94 valence electrons. The average Bonchev–Trinajstić information content (AvgIpc) is 3.01. The van der Waals surface area contributed by atoms with Crippen LogP contribution < -0.4 is 0 Å². The molecule has 3 nitrogen and oxygen atoms in total. The van der Waals surface area contributed by atoms with Crippen LogP contribution in [0.2, 0.25) is 0 Å². The molecule has 0 aliphatic rings. The smallest absolute Gasteiger partial charge is 0.0795 e. The normalized spacial score (nSPS) is 10.6. The molecule has 0 amide bonds. The van der Waals surface area contributed by atoms with Crippen LogP contribution in [0.5, 0.6) is 0 Å². The molecule has 2 heterocycles. The van der Waals surface area contributed by atoms with Crippen molar-refractivity contribution in [3.05, 3.63) is 60.4 Å². The van der Waals surface area contributed by atoms with Crippen molar-refractivity contribution < 1.29 is 0 Å². The summed E-state index contributed by atoms with van der Waals surface area (Å²) in [6.07, 6.45) is 4.61. The highest BCUT2D eigenvalue weighted by molar-refractivity contribution is 5.78. The molecule has 2 aromatic heterocycles. The number of hydrogen-bond acceptors (Lipinski definition) is 2. The molecule has 3 heteroatoms. The number of H-pyrrole nitrogens is 1. The lowest BCUT2D eigenvalue weighted by molar-refractivity contribution is 1.09. The molecule has 0 spiro atoms. The van der Waals surface area contributed by atoms with Gasteiger partial charge in [-0.2, -0.15) is 5.10 Å². The van der Waals surface area contributed by atoms with E-state index in [0.29, 0.717) is 0 Å². The second-order valence-corrected chi connectivity index (χ2v) is 4.42. The van der Waals surface area contributed by atoms with Crippen molar-refractivity contribution in [1.29, 1.82) is 0 Å². The van der Waals surface area contributed by atoms with E-state index >= 15 is 0 Å². The van der Waals surface area contributed by atoms with Gasteiger partial charge >= 0.3 is 0 Å². The highest BCUT2D eigenvalue weighted by atomic mass is 15.1. The second-order valence-electron chi connectivity index (χ2n) is 4.42. The van der Waals surface area contributed by atoms with Gasteiger partial charge in [-0.25, -0.2) is 0 Å². The highest BCUT2D eigenvalue weighted by Crippen LogP contribution is 2.29. The Hall–Kier alpha value is -2.42. The number of aryl methyl sites for hydroxylation is 1. The Morgan fingerprint density at radius 2 is 2.00 bits per heavy atom. The Balaban J connectivity index is 2.15. The van der Waals surface area contributed by atoms with Crippen LogP contribution in [0.25, 0.3) is 22.5 Å². The van der Waals surface area contributed by atoms with Crippen LogP contribution in [-0.4, -0.2) is 15.2 Å². The molecule has 0 fully saturated rings. The van der Waals surface area contributed by atoms with E-state index in [2.05, 4.69) is 52.4 Å². The molecule has 0 saturated heterocycles. The fraction of sp³-hybridized carbons (Fsp3) is 0.125. The average molecular weight is 249 g/mol. The molecule has 0 radical (unpaired) electrons. The van der Waals surface area contributed by atoms with Crippen LogP contribution in [0.4, 0.5) is 0 Å². The Kier molecular flexibility index (Phi) is 3.11. The molecule has 0 unspecified atom stereocenters. The standard InChI is InChI=1S/C16H15N3/c1-2-12-5-3-6-13(11-12)16-14(7-4-9-17-16)15-8-10-18-19-15/h3-11H,2H2,1H3,(H,18,19). The van der Waals surface area contributed by atoms with Gasteiger partial charge in [-0.3, -0.25) is 10.1 Å². The number of pyridine rings is 1. The van der Waals surface area contributed by atoms with Crippen LogP contribution in [0.15, 0.2) is 54.9 Å². The first-order valence-electron chi connectivity index (χ1n) is 6.42. The molecule has 1 aromatic carbocycles. The molecule has 0 aliphatic heterocycles. The van der Waals surface area contributed by atoms with Gasteiger partial charge in [-0.05, 0) is 36.2 Å². The van der Waals surface area contributed by atoms with Gasteiger partial charge in [0.1, 0.15) is 0 Å². The lowest BCUT2D eigenvalue weighted by Gasteiger charge is -2.08. The second kappa shape index (κ2) is 5.06. The van der Waals surface area contributed by atoms with Crippen LogP contribution in [0.3, 0.4) is 0 Å². The van der Waals surface area contributed by atoms with Crippen LogP contribution in [0, 0.1) is 0 Å². The van der Waals surface area contributed by atoms with E-state index in [0.717, 1.165) is 28.9 Å². The number of benzene rings is 1. The van der Waals surface area contributed by atoms with Gasteiger partial charge in [-0.15, -0.1) is 0 Å². The summed E-state index contributed by atoms with van der Waals surface area (Å²) in [5, 5.41) is 7.02. The summed E-state index contributed by atoms with van der Waals surface area (Å²) in [6, 6.07) is 14.5. The molecular formula is C16H15N3. The quantitative estimate of drug-likeness (QED) is 0.769. The topological polar surface area (TPSA) is 41.6 Å². The first kappa shape index (κ1) is 11.7. The van der Waals surface area contributed by atoms with Crippen molar-refractivity contribution in [1.82, 2.24) is 15.2 Å². The Morgan fingerprint density at radius 1 is 1.05 bits per heavy atom. The summed E-state index contributed by atoms with van der Waals surface area (Å²) in [5.41, 5.74) is 5.52. The lowest BCUT2D eigenvalue weighted by atomic mass is 10.0. The summed E-state index contributed by atoms with van der Waals surface area (Å²) >= 11 is 0. The number of nitrogens with zero attached hydrogens (tertiary/aromatic N) is 2. The molecule has 0 atom stereocenters. The van der Waals surface area contributed by atoms with E-state index in [1.807, 2.05) is 18.3 Å². The van der Waals surface area contributed by atoms with Crippen molar-refractivity contribution in [2.45, 2.75) is 13.3 Å². The van der Waals surface area contributed by atoms with Gasteiger partial charge in [0.2, 0.25) is 0 Å². The lowest BCUT2D eigenvalue weighted by Crippen LogP contribution is -1.90. The van der Waals surface area contributed by atoms with Gasteiger partial charge in [0.15, 0.2) is 0 Å². The number of aromatic nitrogens is 3. The molecule has 0 saturated carbocycles. The van der Waals surface area contributed by atoms with Crippen molar-refractivity contribution >= 4 is 0 Å². The Morgan fingerprint density at radius 3 is 2.79 bits per heavy atom. The van der Waals surface area contributed by atoms with Crippen LogP contribution in [-0.2, 0) is 6.42 Å². The summed E-state index contributed by atoms with van der Waals surface area (Å²) in [4.78, 5) is 4.53. The van der Waals surface area contributed by atoms with Crippen molar-refractivity contribution in [2.75, 3.05) is 0 Å². The van der Waals surface area contributed by atoms with Gasteiger partial charge in [0.25, 0.3) is 0 Å². The summed E-state index contributed by atoms with van der Waals surface area (Å²) in [5.74, 6) is 0. The minimum Gasteiger partial charge on any atom is -0.278 e. The fourth-order valence-corrected chi connectivity index (χ4v) is 2.20. The Bertz CT molecular complexity index is 672. The molecule has 0 aliphatic carbocycles. The molecule has 19 heavy (non-hydrogen) atoms. The van der Waals surface area contributed by atoms with E-state index in [1.165, 1.54) is 5.56 Å². The predicted molar refractivity (Wildman–Crippen MR) is 76.6 cm³/mol. The van der Waals surface area contributed by atoms with E-state index in [9.17, 15) is 0 Å². The van der Waals surface area contributed by atoms with Crippen molar-refractivity contribution in [3.63, 3.8) is 0 Å².